The highest BCUT2D eigenvalue weighted by atomic mass is 19.4. The first-order valence-electron chi connectivity index (χ1n) is 8.86. The maximum absolute atomic E-state index is 13.6. The van der Waals surface area contributed by atoms with Crippen LogP contribution in [0, 0.1) is 0 Å². The minimum atomic E-state index is -5.00. The molecule has 1 heterocycles. The highest BCUT2D eigenvalue weighted by molar-refractivity contribution is 5.80. The molecule has 0 fully saturated rings. The van der Waals surface area contributed by atoms with E-state index >= 15 is 0 Å². The van der Waals surface area contributed by atoms with Crippen LogP contribution in [0.4, 0.5) is 13.2 Å². The third-order valence-corrected chi connectivity index (χ3v) is 4.21. The van der Waals surface area contributed by atoms with Crippen LogP contribution in [-0.4, -0.2) is 17.7 Å². The lowest BCUT2D eigenvalue weighted by atomic mass is 10.0. The van der Waals surface area contributed by atoms with Crippen molar-refractivity contribution in [2.24, 2.45) is 0 Å². The Balaban J connectivity index is 2.08. The molecule has 2 aromatic carbocycles. The summed E-state index contributed by atoms with van der Waals surface area (Å²) in [5, 5.41) is 8.48. The summed E-state index contributed by atoms with van der Waals surface area (Å²) in [6, 6.07) is 9.81. The van der Waals surface area contributed by atoms with Gasteiger partial charge in [-0.05, 0) is 35.7 Å². The van der Waals surface area contributed by atoms with Gasteiger partial charge in [-0.3, -0.25) is 4.79 Å². The number of rotatable bonds is 6. The molecule has 0 saturated heterocycles. The predicted molar refractivity (Wildman–Crippen MR) is 101 cm³/mol. The smallest absolute Gasteiger partial charge is 0.453 e. The molecular weight excluding hydrogens is 405 g/mol. The molecule has 0 spiro atoms. The first kappa shape index (κ1) is 21.2. The fourth-order valence-corrected chi connectivity index (χ4v) is 2.71. The van der Waals surface area contributed by atoms with Crippen LogP contribution in [-0.2, 0) is 11.0 Å². The minimum Gasteiger partial charge on any atom is -0.482 e. The van der Waals surface area contributed by atoms with Crippen LogP contribution in [0.3, 0.4) is 0 Å². The molecule has 1 N–H and O–H groups in total. The van der Waals surface area contributed by atoms with Crippen molar-refractivity contribution in [3.63, 3.8) is 0 Å². The van der Waals surface area contributed by atoms with Gasteiger partial charge in [-0.2, -0.15) is 13.2 Å². The minimum absolute atomic E-state index is 0.0537. The van der Waals surface area contributed by atoms with Gasteiger partial charge in [-0.15, -0.1) is 0 Å². The molecule has 30 heavy (non-hydrogen) atoms. The van der Waals surface area contributed by atoms with E-state index < -0.39 is 41.3 Å². The van der Waals surface area contributed by atoms with Crippen molar-refractivity contribution < 1.29 is 37.0 Å². The van der Waals surface area contributed by atoms with Crippen molar-refractivity contribution in [3.05, 3.63) is 64.0 Å². The monoisotopic (exact) mass is 422 g/mol. The van der Waals surface area contributed by atoms with Crippen molar-refractivity contribution in [1.29, 1.82) is 0 Å². The topological polar surface area (TPSA) is 86.0 Å². The molecule has 0 aliphatic rings. The molecule has 0 atom stereocenters. The third-order valence-electron chi connectivity index (χ3n) is 4.21. The Morgan fingerprint density at radius 1 is 1.10 bits per heavy atom. The van der Waals surface area contributed by atoms with Gasteiger partial charge in [0.25, 0.3) is 5.76 Å². The molecule has 0 radical (unpaired) electrons. The van der Waals surface area contributed by atoms with Crippen LogP contribution in [0.15, 0.2) is 51.7 Å². The first-order chi connectivity index (χ1) is 14.1. The molecule has 0 amide bonds. The van der Waals surface area contributed by atoms with E-state index in [0.29, 0.717) is 0 Å². The summed E-state index contributed by atoms with van der Waals surface area (Å²) in [5.41, 5.74) is -0.461. The van der Waals surface area contributed by atoms with Crippen molar-refractivity contribution in [3.8, 4) is 17.2 Å². The maximum atomic E-state index is 13.6. The number of carboxylic acids is 1. The highest BCUT2D eigenvalue weighted by Gasteiger charge is 2.40. The molecule has 158 valence electrons. The molecule has 0 bridgehead atoms. The number of carbonyl (C=O) groups is 1. The van der Waals surface area contributed by atoms with Crippen LogP contribution in [0.2, 0.25) is 0 Å². The normalized spacial score (nSPS) is 11.7. The van der Waals surface area contributed by atoms with Crippen molar-refractivity contribution in [2.45, 2.75) is 25.9 Å². The van der Waals surface area contributed by atoms with Gasteiger partial charge in [0.15, 0.2) is 6.61 Å². The summed E-state index contributed by atoms with van der Waals surface area (Å²) in [6.07, 6.45) is -5.00. The van der Waals surface area contributed by atoms with Gasteiger partial charge < -0.3 is 19.0 Å². The summed E-state index contributed by atoms with van der Waals surface area (Å²) in [5.74, 6) is -3.63. The number of carboxylic acid groups (broad SMARTS) is 1. The number of hydrogen-bond donors (Lipinski definition) is 1. The van der Waals surface area contributed by atoms with Gasteiger partial charge in [0, 0.05) is 6.07 Å². The molecule has 9 heteroatoms. The van der Waals surface area contributed by atoms with Gasteiger partial charge in [0.05, 0.1) is 5.39 Å². The van der Waals surface area contributed by atoms with E-state index in [-0.39, 0.29) is 22.8 Å². The second-order valence-electron chi connectivity index (χ2n) is 6.75. The molecule has 0 unspecified atom stereocenters. The molecule has 6 nitrogen and oxygen atoms in total. The molecule has 0 aliphatic carbocycles. The van der Waals surface area contributed by atoms with E-state index in [1.54, 1.807) is 12.1 Å². The highest BCUT2D eigenvalue weighted by Crippen LogP contribution is 2.38. The summed E-state index contributed by atoms with van der Waals surface area (Å²) in [6.45, 7) is 3.23. The third kappa shape index (κ3) is 4.56. The Hall–Kier alpha value is -3.49. The Morgan fingerprint density at radius 3 is 2.30 bits per heavy atom. The van der Waals surface area contributed by atoms with E-state index in [0.717, 1.165) is 11.6 Å². The SMILES string of the molecule is CC(C)c1ccc(Oc2c(C(F)(F)F)oc3cc(OCC(=O)O)ccc3c2=O)cc1. The number of benzene rings is 2. The van der Waals surface area contributed by atoms with Gasteiger partial charge in [0.1, 0.15) is 17.1 Å². The Labute approximate surface area is 168 Å². The Morgan fingerprint density at radius 2 is 1.73 bits per heavy atom. The summed E-state index contributed by atoms with van der Waals surface area (Å²) in [7, 11) is 0. The molecule has 1 aromatic heterocycles. The molecule has 0 aliphatic heterocycles. The van der Waals surface area contributed by atoms with E-state index in [4.69, 9.17) is 19.0 Å². The summed E-state index contributed by atoms with van der Waals surface area (Å²) >= 11 is 0. The zero-order valence-corrected chi connectivity index (χ0v) is 15.9. The number of halogens is 3. The van der Waals surface area contributed by atoms with Gasteiger partial charge in [0.2, 0.25) is 11.2 Å². The second kappa shape index (κ2) is 8.10. The number of aliphatic carboxylic acids is 1. The van der Waals surface area contributed by atoms with Gasteiger partial charge in [-0.1, -0.05) is 26.0 Å². The van der Waals surface area contributed by atoms with Crippen LogP contribution in [0.25, 0.3) is 11.0 Å². The number of ether oxygens (including phenoxy) is 2. The Bertz CT molecular complexity index is 1130. The van der Waals surface area contributed by atoms with Gasteiger partial charge in [-0.25, -0.2) is 4.79 Å². The Kier molecular flexibility index (Phi) is 5.73. The summed E-state index contributed by atoms with van der Waals surface area (Å²) in [4.78, 5) is 23.3. The molecule has 3 aromatic rings. The van der Waals surface area contributed by atoms with E-state index in [2.05, 4.69) is 0 Å². The van der Waals surface area contributed by atoms with E-state index in [9.17, 15) is 22.8 Å². The van der Waals surface area contributed by atoms with E-state index in [1.165, 1.54) is 24.3 Å². The average Bonchev–Trinajstić information content (AvgIpc) is 2.67. The number of hydrogen-bond acceptors (Lipinski definition) is 5. The molecule has 3 rings (SSSR count). The van der Waals surface area contributed by atoms with Crippen molar-refractivity contribution in [2.75, 3.05) is 6.61 Å². The van der Waals surface area contributed by atoms with E-state index in [1.807, 2.05) is 13.8 Å². The van der Waals surface area contributed by atoms with Crippen molar-refractivity contribution >= 4 is 16.9 Å². The lowest BCUT2D eigenvalue weighted by Gasteiger charge is -2.14. The average molecular weight is 422 g/mol. The van der Waals surface area contributed by atoms with Crippen LogP contribution in [0.1, 0.15) is 31.1 Å². The first-order valence-corrected chi connectivity index (χ1v) is 8.86. The lowest BCUT2D eigenvalue weighted by Crippen LogP contribution is -2.15. The van der Waals surface area contributed by atoms with Gasteiger partial charge >= 0.3 is 12.1 Å². The molecular formula is C21H17F3O6. The largest absolute Gasteiger partial charge is 0.482 e. The predicted octanol–water partition coefficient (Wildman–Crippen LogP) is 5.19. The second-order valence-corrected chi connectivity index (χ2v) is 6.75. The van der Waals surface area contributed by atoms with Crippen LogP contribution < -0.4 is 14.9 Å². The lowest BCUT2D eigenvalue weighted by molar-refractivity contribution is -0.154. The standard InChI is InChI=1S/C21H17F3O6/c1-11(2)12-3-5-13(6-4-12)29-19-18(27)15-8-7-14(28-10-17(25)26)9-16(15)30-20(19)21(22,23)24/h3-9,11H,10H2,1-2H3,(H,25,26). The molecule has 0 saturated carbocycles. The summed E-state index contributed by atoms with van der Waals surface area (Å²) < 4.78 is 55.8. The maximum Gasteiger partial charge on any atom is 0.453 e. The number of fused-ring (bicyclic) bond motifs is 1. The quantitative estimate of drug-likeness (QED) is 0.588. The van der Waals surface area contributed by atoms with Crippen molar-refractivity contribution in [1.82, 2.24) is 0 Å². The zero-order valence-electron chi connectivity index (χ0n) is 15.9. The number of alkyl halides is 3. The fraction of sp³-hybridized carbons (Fsp3) is 0.238. The van der Waals surface area contributed by atoms with Crippen LogP contribution in [0.5, 0.6) is 17.2 Å². The fourth-order valence-electron chi connectivity index (χ4n) is 2.71. The van der Waals surface area contributed by atoms with Crippen LogP contribution >= 0.6 is 0 Å². The zero-order chi connectivity index (χ0) is 22.1.